The molecule has 2 aliphatic heterocycles. The lowest BCUT2D eigenvalue weighted by molar-refractivity contribution is -0.130. The number of benzene rings is 2. The molecule has 130 valence electrons. The largest absolute Gasteiger partial charge is 0.368 e. The summed E-state index contributed by atoms with van der Waals surface area (Å²) in [5, 5.41) is 0. The number of anilines is 2. The van der Waals surface area contributed by atoms with Crippen LogP contribution in [-0.2, 0) is 11.2 Å². The van der Waals surface area contributed by atoms with Crippen molar-refractivity contribution >= 4 is 17.3 Å². The molecule has 0 radical (unpaired) electrons. The molecule has 2 aliphatic rings. The van der Waals surface area contributed by atoms with Gasteiger partial charge in [-0.1, -0.05) is 36.4 Å². The number of fused-ring (bicyclic) bond motifs is 1. The topological polar surface area (TPSA) is 26.8 Å². The van der Waals surface area contributed by atoms with Crippen LogP contribution in [0.25, 0.3) is 0 Å². The summed E-state index contributed by atoms with van der Waals surface area (Å²) >= 11 is 0. The van der Waals surface area contributed by atoms with Gasteiger partial charge < -0.3 is 14.7 Å². The zero-order valence-electron chi connectivity index (χ0n) is 14.6. The molecule has 0 saturated carbocycles. The number of nitrogens with zero attached hydrogens (tertiary/aromatic N) is 3. The number of hydrogen-bond acceptors (Lipinski definition) is 3. The van der Waals surface area contributed by atoms with Crippen molar-refractivity contribution in [2.75, 3.05) is 49.1 Å². The van der Waals surface area contributed by atoms with Crippen LogP contribution in [0.4, 0.5) is 11.4 Å². The van der Waals surface area contributed by atoms with Gasteiger partial charge in [0.25, 0.3) is 0 Å². The van der Waals surface area contributed by atoms with Crippen LogP contribution in [0.15, 0.2) is 54.6 Å². The van der Waals surface area contributed by atoms with Crippen molar-refractivity contribution in [2.45, 2.75) is 12.8 Å². The molecule has 0 spiro atoms. The van der Waals surface area contributed by atoms with E-state index in [1.54, 1.807) is 0 Å². The fraction of sp³-hybridized carbons (Fsp3) is 0.381. The number of para-hydroxylation sites is 2. The van der Waals surface area contributed by atoms with Crippen molar-refractivity contribution in [1.29, 1.82) is 0 Å². The van der Waals surface area contributed by atoms with Crippen LogP contribution in [0.5, 0.6) is 0 Å². The zero-order valence-corrected chi connectivity index (χ0v) is 14.6. The highest BCUT2D eigenvalue weighted by molar-refractivity contribution is 5.82. The van der Waals surface area contributed by atoms with Gasteiger partial charge in [0.15, 0.2) is 0 Å². The quantitative estimate of drug-likeness (QED) is 0.863. The second-order valence-electron chi connectivity index (χ2n) is 6.86. The van der Waals surface area contributed by atoms with Crippen LogP contribution in [0.2, 0.25) is 0 Å². The maximum absolute atomic E-state index is 12.8. The molecule has 0 unspecified atom stereocenters. The summed E-state index contributed by atoms with van der Waals surface area (Å²) in [5.41, 5.74) is 3.86. The number of piperazine rings is 1. The third-order valence-corrected chi connectivity index (χ3v) is 5.29. The maximum Gasteiger partial charge on any atom is 0.242 e. The Balaban J connectivity index is 1.36. The summed E-state index contributed by atoms with van der Waals surface area (Å²) in [6, 6.07) is 19.0. The lowest BCUT2D eigenvalue weighted by Gasteiger charge is -2.38. The Kier molecular flexibility index (Phi) is 4.59. The Labute approximate surface area is 149 Å². The molecule has 2 aromatic rings. The van der Waals surface area contributed by atoms with Crippen molar-refractivity contribution in [1.82, 2.24) is 4.90 Å². The molecule has 4 rings (SSSR count). The highest BCUT2D eigenvalue weighted by Crippen LogP contribution is 2.26. The van der Waals surface area contributed by atoms with Gasteiger partial charge in [-0.2, -0.15) is 0 Å². The Bertz CT molecular complexity index is 723. The van der Waals surface area contributed by atoms with E-state index in [1.807, 2.05) is 11.0 Å². The summed E-state index contributed by atoms with van der Waals surface area (Å²) in [5.74, 6) is 0.254. The van der Waals surface area contributed by atoms with Crippen LogP contribution in [0.3, 0.4) is 0 Å². The van der Waals surface area contributed by atoms with Gasteiger partial charge >= 0.3 is 0 Å². The second-order valence-corrected chi connectivity index (χ2v) is 6.86. The third-order valence-electron chi connectivity index (χ3n) is 5.29. The molecule has 4 nitrogen and oxygen atoms in total. The third kappa shape index (κ3) is 3.48. The monoisotopic (exact) mass is 335 g/mol. The van der Waals surface area contributed by atoms with Gasteiger partial charge in [-0.15, -0.1) is 0 Å². The van der Waals surface area contributed by atoms with E-state index in [2.05, 4.69) is 58.3 Å². The minimum atomic E-state index is 0.254. The van der Waals surface area contributed by atoms with Gasteiger partial charge in [0.1, 0.15) is 0 Å². The first-order valence-corrected chi connectivity index (χ1v) is 9.22. The van der Waals surface area contributed by atoms with Crippen LogP contribution in [0.1, 0.15) is 12.0 Å². The molecule has 2 aromatic carbocycles. The zero-order chi connectivity index (χ0) is 17.1. The van der Waals surface area contributed by atoms with E-state index in [1.165, 1.54) is 16.9 Å². The van der Waals surface area contributed by atoms with Crippen molar-refractivity contribution in [2.24, 2.45) is 0 Å². The van der Waals surface area contributed by atoms with E-state index >= 15 is 0 Å². The first-order valence-electron chi connectivity index (χ1n) is 9.22. The van der Waals surface area contributed by atoms with Gasteiger partial charge in [0, 0.05) is 44.1 Å². The average molecular weight is 335 g/mol. The Morgan fingerprint density at radius 2 is 1.56 bits per heavy atom. The summed E-state index contributed by atoms with van der Waals surface area (Å²) in [6.07, 6.45) is 2.25. The Morgan fingerprint density at radius 3 is 2.36 bits per heavy atom. The van der Waals surface area contributed by atoms with E-state index in [9.17, 15) is 4.79 Å². The van der Waals surface area contributed by atoms with Crippen molar-refractivity contribution < 1.29 is 4.79 Å². The smallest absolute Gasteiger partial charge is 0.242 e. The summed E-state index contributed by atoms with van der Waals surface area (Å²) in [4.78, 5) is 19.4. The molecule has 0 aromatic heterocycles. The number of carbonyl (C=O) groups is 1. The number of hydrogen-bond donors (Lipinski definition) is 0. The first kappa shape index (κ1) is 16.0. The summed E-state index contributed by atoms with van der Waals surface area (Å²) in [7, 11) is 0. The average Bonchev–Trinajstić information content (AvgIpc) is 2.69. The molecule has 1 fully saturated rings. The van der Waals surface area contributed by atoms with E-state index < -0.39 is 0 Å². The fourth-order valence-electron chi connectivity index (χ4n) is 3.89. The fourth-order valence-corrected chi connectivity index (χ4v) is 3.89. The van der Waals surface area contributed by atoms with E-state index in [0.29, 0.717) is 6.54 Å². The van der Waals surface area contributed by atoms with E-state index in [4.69, 9.17) is 0 Å². The minimum Gasteiger partial charge on any atom is -0.368 e. The standard InChI is InChI=1S/C21H25N3O/c25-21(17-24-12-6-8-18-7-4-5-11-20(18)24)23-15-13-22(14-16-23)19-9-2-1-3-10-19/h1-5,7,9-11H,6,8,12-17H2. The minimum absolute atomic E-state index is 0.254. The van der Waals surface area contributed by atoms with Crippen molar-refractivity contribution in [3.63, 3.8) is 0 Å². The molecule has 1 saturated heterocycles. The predicted octanol–water partition coefficient (Wildman–Crippen LogP) is 2.79. The Morgan fingerprint density at radius 1 is 0.840 bits per heavy atom. The Hall–Kier alpha value is -2.49. The maximum atomic E-state index is 12.8. The summed E-state index contributed by atoms with van der Waals surface area (Å²) in [6.45, 7) is 4.92. The van der Waals surface area contributed by atoms with E-state index in [0.717, 1.165) is 45.6 Å². The number of aryl methyl sites for hydroxylation is 1. The molecule has 0 N–H and O–H groups in total. The molecular weight excluding hydrogens is 310 g/mol. The van der Waals surface area contributed by atoms with Crippen LogP contribution in [0, 0.1) is 0 Å². The van der Waals surface area contributed by atoms with Gasteiger partial charge in [-0.25, -0.2) is 0 Å². The van der Waals surface area contributed by atoms with Crippen molar-refractivity contribution in [3.8, 4) is 0 Å². The van der Waals surface area contributed by atoms with Crippen molar-refractivity contribution in [3.05, 3.63) is 60.2 Å². The van der Waals surface area contributed by atoms with Crippen LogP contribution < -0.4 is 9.80 Å². The molecule has 4 heteroatoms. The van der Waals surface area contributed by atoms with Gasteiger partial charge in [-0.05, 0) is 36.6 Å². The molecular formula is C21H25N3O. The van der Waals surface area contributed by atoms with E-state index in [-0.39, 0.29) is 5.91 Å². The SMILES string of the molecule is O=C(CN1CCCc2ccccc21)N1CCN(c2ccccc2)CC1. The van der Waals surface area contributed by atoms with Gasteiger partial charge in [0.2, 0.25) is 5.91 Å². The number of amides is 1. The molecule has 0 atom stereocenters. The van der Waals surface area contributed by atoms with Crippen LogP contribution in [-0.4, -0.2) is 50.1 Å². The molecule has 0 aliphatic carbocycles. The summed E-state index contributed by atoms with van der Waals surface area (Å²) < 4.78 is 0. The molecule has 25 heavy (non-hydrogen) atoms. The molecule has 2 heterocycles. The van der Waals surface area contributed by atoms with Gasteiger partial charge in [0.05, 0.1) is 6.54 Å². The predicted molar refractivity (Wildman–Crippen MR) is 102 cm³/mol. The first-order chi connectivity index (χ1) is 12.3. The molecule has 0 bridgehead atoms. The van der Waals surface area contributed by atoms with Crippen LogP contribution >= 0.6 is 0 Å². The second kappa shape index (κ2) is 7.18. The molecule has 1 amide bonds. The number of rotatable bonds is 3. The normalized spacial score (nSPS) is 17.4. The lowest BCUT2D eigenvalue weighted by Crippen LogP contribution is -2.51. The number of carbonyl (C=O) groups excluding carboxylic acids is 1. The van der Waals surface area contributed by atoms with Gasteiger partial charge in [-0.3, -0.25) is 4.79 Å². The highest BCUT2D eigenvalue weighted by atomic mass is 16.2. The highest BCUT2D eigenvalue weighted by Gasteiger charge is 2.24. The lowest BCUT2D eigenvalue weighted by atomic mass is 10.0.